The molecule has 2 aliphatic rings. The lowest BCUT2D eigenvalue weighted by molar-refractivity contribution is -0.136. The quantitative estimate of drug-likeness (QED) is 0.118. The minimum absolute atomic E-state index is 0.0102. The summed E-state index contributed by atoms with van der Waals surface area (Å²) in [5.74, 6) is -4.47. The number of piperidine rings is 1. The number of ether oxygens (including phenoxy) is 1. The number of imide groups is 2. The molecule has 5 amide bonds. The van der Waals surface area contributed by atoms with Gasteiger partial charge < -0.3 is 24.9 Å². The van der Waals surface area contributed by atoms with Crippen LogP contribution < -0.4 is 26.2 Å². The Hall–Kier alpha value is -6.64. The molecule has 2 aromatic heterocycles. The monoisotopic (exact) mass is 708 g/mol. The fourth-order valence-corrected chi connectivity index (χ4v) is 6.43. The Labute approximate surface area is 293 Å². The first kappa shape index (κ1) is 33.8. The molecule has 5 aromatic rings. The van der Waals surface area contributed by atoms with Gasteiger partial charge in [0.05, 0.1) is 11.1 Å². The normalized spacial score (nSPS) is 15.5. The van der Waals surface area contributed by atoms with E-state index in [1.165, 1.54) is 16.7 Å². The Kier molecular flexibility index (Phi) is 8.84. The van der Waals surface area contributed by atoms with Crippen molar-refractivity contribution in [3.05, 3.63) is 106 Å². The predicted octanol–water partition coefficient (Wildman–Crippen LogP) is 4.84. The molecule has 3 aromatic carbocycles. The van der Waals surface area contributed by atoms with Gasteiger partial charge in [-0.25, -0.2) is 8.78 Å². The molecule has 0 radical (unpaired) electrons. The first-order chi connectivity index (χ1) is 25.0. The summed E-state index contributed by atoms with van der Waals surface area (Å²) in [6, 6.07) is 13.0. The zero-order valence-corrected chi connectivity index (χ0v) is 27.5. The van der Waals surface area contributed by atoms with Crippen molar-refractivity contribution in [1.82, 2.24) is 19.8 Å². The van der Waals surface area contributed by atoms with Crippen molar-refractivity contribution in [2.24, 2.45) is 7.05 Å². The molecule has 1 unspecified atom stereocenters. The van der Waals surface area contributed by atoms with E-state index in [-0.39, 0.29) is 59.9 Å². The molecule has 1 fully saturated rings. The number of fused-ring (bicyclic) bond motifs is 2. The van der Waals surface area contributed by atoms with Crippen LogP contribution in [0.1, 0.15) is 46.4 Å². The first-order valence-electron chi connectivity index (χ1n) is 16.3. The van der Waals surface area contributed by atoms with Crippen molar-refractivity contribution in [3.63, 3.8) is 0 Å². The van der Waals surface area contributed by atoms with Gasteiger partial charge in [0.25, 0.3) is 17.4 Å². The number of aromatic nitrogens is 2. The Bertz CT molecular complexity index is 2390. The zero-order valence-electron chi connectivity index (χ0n) is 27.5. The number of benzene rings is 3. The van der Waals surface area contributed by atoms with Crippen LogP contribution in [0, 0.1) is 11.6 Å². The van der Waals surface area contributed by atoms with Crippen LogP contribution in [-0.4, -0.2) is 56.6 Å². The largest absolute Gasteiger partial charge is 0.454 e. The summed E-state index contributed by atoms with van der Waals surface area (Å²) in [6.07, 6.45) is 3.66. The summed E-state index contributed by atoms with van der Waals surface area (Å²) in [5.41, 5.74) is 2.05. The molecule has 0 saturated carbocycles. The smallest absolute Gasteiger partial charge is 0.274 e. The standard InChI is InChI=1S/C37H30F2N6O7/c1-44-18-24(21-13-15-41-33(21)37(44)51)23-17-20(8-11-28(23)52-29-10-7-19(38)16-25(29)39)42-30(46)6-3-14-40-26-5-2-4-22-32(26)36(50)45(35(22)49)27-9-12-31(47)43-34(27)48/h2,4-5,7-8,10-11,13,15-18,27,40-41H,3,6,9,12,14H2,1H3,(H,42,46)(H,43,47,48). The second kappa shape index (κ2) is 13.6. The molecule has 0 aliphatic carbocycles. The molecular formula is C37H30F2N6O7. The number of nitrogens with one attached hydrogen (secondary N) is 4. The Balaban J connectivity index is 1.05. The molecule has 264 valence electrons. The van der Waals surface area contributed by atoms with Gasteiger partial charge in [-0.2, -0.15) is 0 Å². The average molecular weight is 709 g/mol. The lowest BCUT2D eigenvalue weighted by Gasteiger charge is -2.27. The van der Waals surface area contributed by atoms with Crippen LogP contribution in [0.25, 0.3) is 22.0 Å². The average Bonchev–Trinajstić information content (AvgIpc) is 3.70. The van der Waals surface area contributed by atoms with Gasteiger partial charge in [0.1, 0.15) is 23.1 Å². The van der Waals surface area contributed by atoms with Crippen LogP contribution in [0.3, 0.4) is 0 Å². The van der Waals surface area contributed by atoms with Crippen molar-refractivity contribution >= 4 is 51.8 Å². The van der Waals surface area contributed by atoms with Crippen molar-refractivity contribution in [1.29, 1.82) is 0 Å². The maximum absolute atomic E-state index is 14.6. The van der Waals surface area contributed by atoms with Crippen LogP contribution in [0.2, 0.25) is 0 Å². The molecule has 1 atom stereocenters. The number of hydrogen-bond acceptors (Lipinski definition) is 8. The number of aryl methyl sites for hydroxylation is 1. The minimum Gasteiger partial charge on any atom is -0.454 e. The summed E-state index contributed by atoms with van der Waals surface area (Å²) >= 11 is 0. The molecule has 4 N–H and O–H groups in total. The fourth-order valence-electron chi connectivity index (χ4n) is 6.43. The summed E-state index contributed by atoms with van der Waals surface area (Å²) in [5, 5.41) is 8.70. The molecular weight excluding hydrogens is 678 g/mol. The molecule has 0 bridgehead atoms. The van der Waals surface area contributed by atoms with Gasteiger partial charge in [0.2, 0.25) is 17.7 Å². The van der Waals surface area contributed by atoms with Gasteiger partial charge in [-0.1, -0.05) is 6.07 Å². The van der Waals surface area contributed by atoms with E-state index in [4.69, 9.17) is 4.74 Å². The van der Waals surface area contributed by atoms with E-state index in [0.29, 0.717) is 45.9 Å². The van der Waals surface area contributed by atoms with Gasteiger partial charge in [0.15, 0.2) is 11.6 Å². The third kappa shape index (κ3) is 6.27. The lowest BCUT2D eigenvalue weighted by atomic mass is 10.0. The SMILES string of the molecule is Cn1cc(-c2cc(NC(=O)CCCNc3cccc4c3C(=O)N(C3CCC(=O)NC3=O)C4=O)ccc2Oc2ccc(F)cc2F)c2cc[nH]c2c1=O. The number of amides is 5. The van der Waals surface area contributed by atoms with E-state index in [9.17, 15) is 37.5 Å². The molecule has 0 spiro atoms. The fraction of sp³-hybridized carbons (Fsp3) is 0.189. The van der Waals surface area contributed by atoms with Gasteiger partial charge in [-0.05, 0) is 61.4 Å². The van der Waals surface area contributed by atoms with E-state index in [1.54, 1.807) is 49.8 Å². The number of H-pyrrole nitrogens is 1. The van der Waals surface area contributed by atoms with Crippen molar-refractivity contribution in [3.8, 4) is 22.6 Å². The van der Waals surface area contributed by atoms with E-state index in [2.05, 4.69) is 20.9 Å². The highest BCUT2D eigenvalue weighted by Crippen LogP contribution is 2.39. The topological polar surface area (TPSA) is 172 Å². The summed E-state index contributed by atoms with van der Waals surface area (Å²) in [7, 11) is 1.58. The van der Waals surface area contributed by atoms with Gasteiger partial charge >= 0.3 is 0 Å². The number of nitrogens with zero attached hydrogens (tertiary/aromatic N) is 2. The van der Waals surface area contributed by atoms with E-state index < -0.39 is 41.3 Å². The van der Waals surface area contributed by atoms with Crippen molar-refractivity contribution in [2.75, 3.05) is 17.2 Å². The second-order valence-electron chi connectivity index (χ2n) is 12.4. The number of carbonyl (C=O) groups is 5. The minimum atomic E-state index is -1.09. The number of pyridine rings is 1. The first-order valence-corrected chi connectivity index (χ1v) is 16.3. The number of aromatic amines is 1. The highest BCUT2D eigenvalue weighted by molar-refractivity contribution is 6.25. The lowest BCUT2D eigenvalue weighted by Crippen LogP contribution is -2.54. The Morgan fingerprint density at radius 1 is 0.942 bits per heavy atom. The van der Waals surface area contributed by atoms with Crippen LogP contribution >= 0.6 is 0 Å². The predicted molar refractivity (Wildman–Crippen MR) is 185 cm³/mol. The number of carbonyl (C=O) groups excluding carboxylic acids is 5. The summed E-state index contributed by atoms with van der Waals surface area (Å²) in [6.45, 7) is 0.258. The second-order valence-corrected chi connectivity index (χ2v) is 12.4. The Morgan fingerprint density at radius 2 is 1.75 bits per heavy atom. The molecule has 1 saturated heterocycles. The molecule has 7 rings (SSSR count). The number of anilines is 2. The van der Waals surface area contributed by atoms with Crippen molar-refractivity contribution in [2.45, 2.75) is 31.7 Å². The Morgan fingerprint density at radius 3 is 2.54 bits per heavy atom. The molecule has 15 heteroatoms. The zero-order chi connectivity index (χ0) is 36.7. The van der Waals surface area contributed by atoms with E-state index in [0.717, 1.165) is 17.0 Å². The van der Waals surface area contributed by atoms with Crippen LogP contribution in [0.4, 0.5) is 20.2 Å². The van der Waals surface area contributed by atoms with E-state index in [1.807, 2.05) is 0 Å². The third-order valence-electron chi connectivity index (χ3n) is 8.93. The highest BCUT2D eigenvalue weighted by Gasteiger charge is 2.45. The molecule has 4 heterocycles. The summed E-state index contributed by atoms with van der Waals surface area (Å²) in [4.78, 5) is 80.1. The van der Waals surface area contributed by atoms with Crippen molar-refractivity contribution < 1.29 is 37.5 Å². The highest BCUT2D eigenvalue weighted by atomic mass is 19.1. The number of halogens is 2. The molecule has 52 heavy (non-hydrogen) atoms. The number of rotatable bonds is 10. The molecule has 13 nitrogen and oxygen atoms in total. The third-order valence-corrected chi connectivity index (χ3v) is 8.93. The summed E-state index contributed by atoms with van der Waals surface area (Å²) < 4.78 is 35.4. The van der Waals surface area contributed by atoms with Gasteiger partial charge in [-0.3, -0.25) is 39.0 Å². The van der Waals surface area contributed by atoms with Crippen LogP contribution in [0.15, 0.2) is 77.9 Å². The van der Waals surface area contributed by atoms with E-state index >= 15 is 0 Å². The molecule has 2 aliphatic heterocycles. The van der Waals surface area contributed by atoms with Crippen LogP contribution in [-0.2, 0) is 21.4 Å². The van der Waals surface area contributed by atoms with Gasteiger partial charge in [0, 0.05) is 72.8 Å². The maximum Gasteiger partial charge on any atom is 0.274 e. The maximum atomic E-state index is 14.6. The number of hydrogen-bond donors (Lipinski definition) is 4. The van der Waals surface area contributed by atoms with Gasteiger partial charge in [-0.15, -0.1) is 0 Å². The van der Waals surface area contributed by atoms with Crippen LogP contribution in [0.5, 0.6) is 11.5 Å².